The van der Waals surface area contributed by atoms with Crippen molar-refractivity contribution in [2.24, 2.45) is 4.99 Å². The van der Waals surface area contributed by atoms with Crippen LogP contribution in [0.1, 0.15) is 5.56 Å². The normalized spacial score (nSPS) is 9.50. The highest BCUT2D eigenvalue weighted by Gasteiger charge is 2.11. The molecule has 0 bridgehead atoms. The molecule has 0 unspecified atom stereocenters. The minimum absolute atomic E-state index is 0.220. The van der Waals surface area contributed by atoms with Gasteiger partial charge in [0.1, 0.15) is 11.4 Å². The standard InChI is InChI=1S/C16H12FNO2/c1-20-16(19)15(12-5-3-2-4-6-12)11-18-14-9-7-13(17)8-10-14/h2-10H,1H3. The number of hydrogen-bond donors (Lipinski definition) is 0. The van der Waals surface area contributed by atoms with Crippen LogP contribution in [0.25, 0.3) is 5.57 Å². The molecule has 0 amide bonds. The molecule has 3 nitrogen and oxygen atoms in total. The number of ether oxygens (including phenoxy) is 1. The van der Waals surface area contributed by atoms with E-state index in [0.29, 0.717) is 11.3 Å². The van der Waals surface area contributed by atoms with Crippen LogP contribution in [0.5, 0.6) is 0 Å². The molecule has 100 valence electrons. The molecule has 0 radical (unpaired) electrons. The SMILES string of the molecule is COC(=O)C(=C=Nc1ccc(F)cc1)c1ccccc1. The van der Waals surface area contributed by atoms with Gasteiger partial charge in [0.05, 0.1) is 12.8 Å². The number of benzene rings is 2. The quantitative estimate of drug-likeness (QED) is 0.486. The van der Waals surface area contributed by atoms with Gasteiger partial charge in [-0.2, -0.15) is 0 Å². The number of aliphatic imine (C=N–C) groups is 1. The van der Waals surface area contributed by atoms with Crippen LogP contribution < -0.4 is 0 Å². The molecule has 4 heteroatoms. The summed E-state index contributed by atoms with van der Waals surface area (Å²) in [6, 6.07) is 14.6. The summed E-state index contributed by atoms with van der Waals surface area (Å²) >= 11 is 0. The van der Waals surface area contributed by atoms with Crippen LogP contribution in [0.15, 0.2) is 59.6 Å². The Bertz CT molecular complexity index is 657. The predicted molar refractivity (Wildman–Crippen MR) is 75.4 cm³/mol. The third-order valence-electron chi connectivity index (χ3n) is 2.58. The Hall–Kier alpha value is -2.71. The molecule has 0 heterocycles. The number of halogens is 1. The minimum Gasteiger partial charge on any atom is -0.465 e. The molecule has 0 spiro atoms. The molecule has 0 aliphatic rings. The first-order valence-electron chi connectivity index (χ1n) is 5.93. The second kappa shape index (κ2) is 6.45. The zero-order valence-corrected chi connectivity index (χ0v) is 10.8. The van der Waals surface area contributed by atoms with Gasteiger partial charge in [-0.25, -0.2) is 14.2 Å². The highest BCUT2D eigenvalue weighted by molar-refractivity contribution is 6.26. The zero-order chi connectivity index (χ0) is 14.4. The minimum atomic E-state index is -0.526. The van der Waals surface area contributed by atoms with Crippen molar-refractivity contribution in [3.63, 3.8) is 0 Å². The van der Waals surface area contributed by atoms with Crippen LogP contribution in [0.3, 0.4) is 0 Å². The second-order valence-electron chi connectivity index (χ2n) is 3.93. The van der Waals surface area contributed by atoms with Crippen LogP contribution in [-0.4, -0.2) is 18.9 Å². The monoisotopic (exact) mass is 269 g/mol. The first kappa shape index (κ1) is 13.7. The summed E-state index contributed by atoms with van der Waals surface area (Å²) in [7, 11) is 1.30. The lowest BCUT2D eigenvalue weighted by Crippen LogP contribution is -2.04. The van der Waals surface area contributed by atoms with Crippen molar-refractivity contribution >= 4 is 23.1 Å². The first-order chi connectivity index (χ1) is 9.70. The highest BCUT2D eigenvalue weighted by Crippen LogP contribution is 2.15. The summed E-state index contributed by atoms with van der Waals surface area (Å²) in [5, 5.41) is 0. The van der Waals surface area contributed by atoms with Crippen molar-refractivity contribution in [2.45, 2.75) is 0 Å². The van der Waals surface area contributed by atoms with E-state index >= 15 is 0 Å². The van der Waals surface area contributed by atoms with E-state index in [9.17, 15) is 9.18 Å². The molecule has 0 aliphatic heterocycles. The summed E-state index contributed by atoms with van der Waals surface area (Å²) in [6.45, 7) is 0. The Labute approximate surface area is 116 Å². The highest BCUT2D eigenvalue weighted by atomic mass is 19.1. The van der Waals surface area contributed by atoms with Gasteiger partial charge in [-0.15, -0.1) is 0 Å². The van der Waals surface area contributed by atoms with E-state index in [4.69, 9.17) is 4.74 Å². The number of rotatable bonds is 3. The van der Waals surface area contributed by atoms with Gasteiger partial charge < -0.3 is 4.74 Å². The van der Waals surface area contributed by atoms with E-state index in [1.54, 1.807) is 24.3 Å². The Morgan fingerprint density at radius 1 is 1.10 bits per heavy atom. The molecule has 2 aromatic rings. The van der Waals surface area contributed by atoms with E-state index < -0.39 is 5.97 Å². The van der Waals surface area contributed by atoms with Crippen LogP contribution in [-0.2, 0) is 9.53 Å². The summed E-state index contributed by atoms with van der Waals surface area (Å²) in [6.07, 6.45) is 0. The molecule has 2 aromatic carbocycles. The largest absolute Gasteiger partial charge is 0.465 e. The predicted octanol–water partition coefficient (Wildman–Crippen LogP) is 3.38. The van der Waals surface area contributed by atoms with Crippen LogP contribution in [0.4, 0.5) is 10.1 Å². The number of esters is 1. The number of carbonyl (C=O) groups excluding carboxylic acids is 1. The molecule has 0 fully saturated rings. The van der Waals surface area contributed by atoms with Crippen LogP contribution >= 0.6 is 0 Å². The van der Waals surface area contributed by atoms with Crippen molar-refractivity contribution in [2.75, 3.05) is 7.11 Å². The molecule has 0 atom stereocenters. The second-order valence-corrected chi connectivity index (χ2v) is 3.93. The average molecular weight is 269 g/mol. The molecular weight excluding hydrogens is 257 g/mol. The lowest BCUT2D eigenvalue weighted by atomic mass is 10.1. The molecule has 2 rings (SSSR count). The smallest absolute Gasteiger partial charge is 0.348 e. The summed E-state index contributed by atoms with van der Waals surface area (Å²) < 4.78 is 17.5. The Morgan fingerprint density at radius 2 is 1.75 bits per heavy atom. The van der Waals surface area contributed by atoms with Gasteiger partial charge in [0.15, 0.2) is 0 Å². The van der Waals surface area contributed by atoms with E-state index in [1.807, 2.05) is 6.07 Å². The lowest BCUT2D eigenvalue weighted by molar-refractivity contribution is -0.133. The molecule has 0 saturated carbocycles. The number of hydrogen-bond acceptors (Lipinski definition) is 3. The Kier molecular flexibility index (Phi) is 4.43. The maximum Gasteiger partial charge on any atom is 0.348 e. The van der Waals surface area contributed by atoms with Gasteiger partial charge in [-0.1, -0.05) is 30.3 Å². The summed E-state index contributed by atoms with van der Waals surface area (Å²) in [4.78, 5) is 15.8. The van der Waals surface area contributed by atoms with Gasteiger partial charge in [0.2, 0.25) is 0 Å². The van der Waals surface area contributed by atoms with Crippen molar-refractivity contribution < 1.29 is 13.9 Å². The Balaban J connectivity index is 2.43. The van der Waals surface area contributed by atoms with Crippen molar-refractivity contribution in [1.29, 1.82) is 0 Å². The molecule has 20 heavy (non-hydrogen) atoms. The molecular formula is C16H12FNO2. The van der Waals surface area contributed by atoms with Gasteiger partial charge in [0.25, 0.3) is 0 Å². The van der Waals surface area contributed by atoms with Crippen LogP contribution in [0.2, 0.25) is 0 Å². The van der Waals surface area contributed by atoms with Crippen LogP contribution in [0, 0.1) is 5.82 Å². The zero-order valence-electron chi connectivity index (χ0n) is 10.8. The molecule has 0 aromatic heterocycles. The third kappa shape index (κ3) is 3.40. The van der Waals surface area contributed by atoms with Crippen molar-refractivity contribution in [3.8, 4) is 0 Å². The number of methoxy groups -OCH3 is 1. The first-order valence-corrected chi connectivity index (χ1v) is 5.93. The summed E-state index contributed by atoms with van der Waals surface area (Å²) in [5.41, 5.74) is 1.38. The van der Waals surface area contributed by atoms with Crippen molar-refractivity contribution in [1.82, 2.24) is 0 Å². The fourth-order valence-corrected chi connectivity index (χ4v) is 1.57. The van der Waals surface area contributed by atoms with Crippen molar-refractivity contribution in [3.05, 3.63) is 66.0 Å². The van der Waals surface area contributed by atoms with E-state index in [0.717, 1.165) is 0 Å². The van der Waals surface area contributed by atoms with Gasteiger partial charge >= 0.3 is 5.97 Å². The summed E-state index contributed by atoms with van der Waals surface area (Å²) in [5.74, 6) is 1.80. The van der Waals surface area contributed by atoms with Gasteiger partial charge in [-0.3, -0.25) is 0 Å². The fraction of sp³-hybridized carbons (Fsp3) is 0.0625. The molecule has 0 aliphatic carbocycles. The maximum absolute atomic E-state index is 12.8. The molecule has 0 N–H and O–H groups in total. The number of carbonyl (C=O) groups is 1. The average Bonchev–Trinajstić information content (AvgIpc) is 2.50. The number of nitrogens with zero attached hydrogens (tertiary/aromatic N) is 1. The fourth-order valence-electron chi connectivity index (χ4n) is 1.57. The van der Waals surface area contributed by atoms with E-state index in [2.05, 4.69) is 10.9 Å². The van der Waals surface area contributed by atoms with Gasteiger partial charge in [0, 0.05) is 5.87 Å². The van der Waals surface area contributed by atoms with E-state index in [1.165, 1.54) is 31.4 Å². The van der Waals surface area contributed by atoms with Gasteiger partial charge in [-0.05, 0) is 29.8 Å². The third-order valence-corrected chi connectivity index (χ3v) is 2.58. The maximum atomic E-state index is 12.8. The van der Waals surface area contributed by atoms with E-state index in [-0.39, 0.29) is 11.4 Å². The molecule has 0 saturated heterocycles. The topological polar surface area (TPSA) is 38.7 Å². The lowest BCUT2D eigenvalue weighted by Gasteiger charge is -2.01. The Morgan fingerprint density at radius 3 is 2.35 bits per heavy atom.